The van der Waals surface area contributed by atoms with Crippen LogP contribution in [-0.4, -0.2) is 22.4 Å². The molecule has 0 bridgehead atoms. The second-order valence-corrected chi connectivity index (χ2v) is 6.14. The van der Waals surface area contributed by atoms with Crippen LogP contribution in [0.1, 0.15) is 26.3 Å². The number of rotatable bonds is 3. The van der Waals surface area contributed by atoms with Crippen molar-refractivity contribution in [3.05, 3.63) is 28.9 Å². The van der Waals surface area contributed by atoms with E-state index in [-0.39, 0.29) is 12.4 Å². The number of nitrogens with zero attached hydrogens (tertiary/aromatic N) is 2. The lowest BCUT2D eigenvalue weighted by Gasteiger charge is -2.17. The Bertz CT molecular complexity index is 663. The average molecular weight is 293 g/mol. The van der Waals surface area contributed by atoms with Gasteiger partial charge in [0.1, 0.15) is 11.8 Å². The fourth-order valence-corrected chi connectivity index (χ4v) is 1.76. The molecule has 2 heterocycles. The number of carbonyl (C=O) groups excluding carboxylic acids is 1. The van der Waals surface area contributed by atoms with Crippen molar-refractivity contribution >= 4 is 28.4 Å². The Morgan fingerprint density at radius 2 is 2.00 bits per heavy atom. The number of halogens is 1. The van der Waals surface area contributed by atoms with Gasteiger partial charge in [0.05, 0.1) is 0 Å². The molecule has 0 aromatic carbocycles. The van der Waals surface area contributed by atoms with Gasteiger partial charge in [-0.1, -0.05) is 32.4 Å². The molecule has 0 saturated carbocycles. The summed E-state index contributed by atoms with van der Waals surface area (Å²) in [6.07, 6.45) is 0. The summed E-state index contributed by atoms with van der Waals surface area (Å²) in [6, 6.07) is 5.49. The largest absolute Gasteiger partial charge is 0.469 e. The minimum Gasteiger partial charge on any atom is -0.469 e. The lowest BCUT2D eigenvalue weighted by Crippen LogP contribution is -2.26. The van der Waals surface area contributed by atoms with Crippen molar-refractivity contribution in [2.24, 2.45) is 5.41 Å². The number of fused-ring (bicyclic) bond motifs is 1. The van der Waals surface area contributed by atoms with Crippen molar-refractivity contribution in [3.63, 3.8) is 0 Å². The van der Waals surface area contributed by atoms with E-state index in [0.717, 1.165) is 10.9 Å². The van der Waals surface area contributed by atoms with Crippen molar-refractivity contribution in [2.75, 3.05) is 6.61 Å². The molecule has 0 fully saturated rings. The summed E-state index contributed by atoms with van der Waals surface area (Å²) in [7, 11) is 0. The fourth-order valence-electron chi connectivity index (χ4n) is 1.61. The molecule has 0 saturated heterocycles. The van der Waals surface area contributed by atoms with Crippen LogP contribution in [0, 0.1) is 12.3 Å². The van der Waals surface area contributed by atoms with E-state index in [9.17, 15) is 4.79 Å². The van der Waals surface area contributed by atoms with Gasteiger partial charge in [0.25, 0.3) is 0 Å². The molecule has 106 valence electrons. The summed E-state index contributed by atoms with van der Waals surface area (Å²) in [5, 5.41) is 1.27. The van der Waals surface area contributed by atoms with E-state index in [2.05, 4.69) is 9.97 Å². The van der Waals surface area contributed by atoms with Gasteiger partial charge in [0.15, 0.2) is 11.4 Å². The van der Waals surface area contributed by atoms with Crippen LogP contribution in [0.5, 0.6) is 5.88 Å². The highest BCUT2D eigenvalue weighted by atomic mass is 35.5. The van der Waals surface area contributed by atoms with Crippen molar-refractivity contribution in [3.8, 4) is 5.88 Å². The Balaban J connectivity index is 2.26. The van der Waals surface area contributed by atoms with Gasteiger partial charge in [0.2, 0.25) is 5.88 Å². The maximum atomic E-state index is 11.9. The first kappa shape index (κ1) is 14.7. The highest BCUT2D eigenvalue weighted by Gasteiger charge is 2.22. The molecule has 2 aromatic heterocycles. The average Bonchev–Trinajstić information content (AvgIpc) is 2.35. The molecule has 2 aromatic rings. The van der Waals surface area contributed by atoms with Gasteiger partial charge < -0.3 is 4.74 Å². The molecule has 0 radical (unpaired) electrons. The van der Waals surface area contributed by atoms with Gasteiger partial charge >= 0.3 is 0 Å². The minimum atomic E-state index is -0.424. The highest BCUT2D eigenvalue weighted by Crippen LogP contribution is 2.22. The second kappa shape index (κ2) is 5.37. The molecule has 0 aliphatic carbocycles. The molecule has 0 atom stereocenters. The molecule has 0 N–H and O–H groups in total. The number of carbonyl (C=O) groups is 1. The Morgan fingerprint density at radius 3 is 2.65 bits per heavy atom. The standard InChI is InChI=1S/C15H17ClN2O2/c1-9-7-10-5-6-12(16)17-13(10)18-14(9)20-8-11(19)15(2,3)4/h5-7H,8H2,1-4H3. The smallest absolute Gasteiger partial charge is 0.218 e. The van der Waals surface area contributed by atoms with E-state index in [1.165, 1.54) is 0 Å². The van der Waals surface area contributed by atoms with Gasteiger partial charge in [0, 0.05) is 16.4 Å². The number of ether oxygens (including phenoxy) is 1. The summed E-state index contributed by atoms with van der Waals surface area (Å²) in [6.45, 7) is 7.48. The lowest BCUT2D eigenvalue weighted by molar-refractivity contribution is -0.128. The molecule has 0 amide bonds. The third kappa shape index (κ3) is 3.25. The minimum absolute atomic E-state index is 0.00339. The van der Waals surface area contributed by atoms with Crippen LogP contribution in [0.3, 0.4) is 0 Å². The van der Waals surface area contributed by atoms with Gasteiger partial charge in [-0.2, -0.15) is 4.98 Å². The fraction of sp³-hybridized carbons (Fsp3) is 0.400. The molecular formula is C15H17ClN2O2. The number of ketones is 1. The second-order valence-electron chi connectivity index (χ2n) is 5.75. The molecule has 2 rings (SSSR count). The van der Waals surface area contributed by atoms with E-state index in [1.54, 1.807) is 6.07 Å². The zero-order chi connectivity index (χ0) is 14.9. The van der Waals surface area contributed by atoms with Crippen LogP contribution in [0.4, 0.5) is 0 Å². The van der Waals surface area contributed by atoms with Crippen LogP contribution < -0.4 is 4.74 Å². The van der Waals surface area contributed by atoms with Gasteiger partial charge in [-0.05, 0) is 25.1 Å². The first-order chi connectivity index (χ1) is 9.27. The first-order valence-electron chi connectivity index (χ1n) is 6.37. The van der Waals surface area contributed by atoms with Crippen LogP contribution in [0.2, 0.25) is 5.15 Å². The predicted octanol–water partition coefficient (Wildman–Crippen LogP) is 3.59. The lowest BCUT2D eigenvalue weighted by atomic mass is 9.91. The zero-order valence-electron chi connectivity index (χ0n) is 12.0. The normalized spacial score (nSPS) is 11.7. The van der Waals surface area contributed by atoms with Crippen LogP contribution >= 0.6 is 11.6 Å². The Morgan fingerprint density at radius 1 is 1.30 bits per heavy atom. The molecule has 0 aliphatic rings. The third-order valence-electron chi connectivity index (χ3n) is 2.96. The quantitative estimate of drug-likeness (QED) is 0.811. The van der Waals surface area contributed by atoms with E-state index >= 15 is 0 Å². The van der Waals surface area contributed by atoms with Crippen molar-refractivity contribution in [2.45, 2.75) is 27.7 Å². The predicted molar refractivity (Wildman–Crippen MR) is 79.2 cm³/mol. The van der Waals surface area contributed by atoms with E-state index in [0.29, 0.717) is 16.7 Å². The van der Waals surface area contributed by atoms with Crippen molar-refractivity contribution in [1.82, 2.24) is 9.97 Å². The Hall–Kier alpha value is -1.68. The number of pyridine rings is 2. The summed E-state index contributed by atoms with van der Waals surface area (Å²) < 4.78 is 5.53. The topological polar surface area (TPSA) is 52.1 Å². The Labute approximate surface area is 123 Å². The maximum absolute atomic E-state index is 11.9. The number of hydrogen-bond acceptors (Lipinski definition) is 4. The number of aryl methyl sites for hydroxylation is 1. The van der Waals surface area contributed by atoms with Gasteiger partial charge in [-0.3, -0.25) is 4.79 Å². The molecule has 4 nitrogen and oxygen atoms in total. The molecule has 0 aliphatic heterocycles. The van der Waals surface area contributed by atoms with Gasteiger partial charge in [-0.15, -0.1) is 0 Å². The zero-order valence-corrected chi connectivity index (χ0v) is 12.8. The van der Waals surface area contributed by atoms with Crippen LogP contribution in [-0.2, 0) is 4.79 Å². The molecule has 20 heavy (non-hydrogen) atoms. The molecular weight excluding hydrogens is 276 g/mol. The van der Waals surface area contributed by atoms with E-state index < -0.39 is 5.41 Å². The Kier molecular flexibility index (Phi) is 3.95. The van der Waals surface area contributed by atoms with Crippen molar-refractivity contribution < 1.29 is 9.53 Å². The number of aromatic nitrogens is 2. The summed E-state index contributed by atoms with van der Waals surface area (Å²) in [5.41, 5.74) is 0.955. The summed E-state index contributed by atoms with van der Waals surface area (Å²) in [5.74, 6) is 0.447. The van der Waals surface area contributed by atoms with Crippen LogP contribution in [0.25, 0.3) is 11.0 Å². The summed E-state index contributed by atoms with van der Waals surface area (Å²) >= 11 is 5.85. The molecule has 5 heteroatoms. The van der Waals surface area contributed by atoms with Crippen molar-refractivity contribution in [1.29, 1.82) is 0 Å². The number of hydrogen-bond donors (Lipinski definition) is 0. The summed E-state index contributed by atoms with van der Waals surface area (Å²) in [4.78, 5) is 20.3. The molecule has 0 spiro atoms. The van der Waals surface area contributed by atoms with Gasteiger partial charge in [-0.25, -0.2) is 4.98 Å². The van der Waals surface area contributed by atoms with Crippen LogP contribution in [0.15, 0.2) is 18.2 Å². The maximum Gasteiger partial charge on any atom is 0.218 e. The monoisotopic (exact) mass is 292 g/mol. The SMILES string of the molecule is Cc1cc2ccc(Cl)nc2nc1OCC(=O)C(C)(C)C. The first-order valence-corrected chi connectivity index (χ1v) is 6.75. The number of Topliss-reactive ketones (excluding diaryl/α,β-unsaturated/α-hetero) is 1. The third-order valence-corrected chi connectivity index (χ3v) is 3.18. The van der Waals surface area contributed by atoms with E-state index in [1.807, 2.05) is 39.8 Å². The van der Waals surface area contributed by atoms with E-state index in [4.69, 9.17) is 16.3 Å². The highest BCUT2D eigenvalue weighted by molar-refractivity contribution is 6.29. The molecule has 0 unspecified atom stereocenters.